The van der Waals surface area contributed by atoms with E-state index in [0.717, 1.165) is 6.42 Å². The number of hydrogen-bond donors (Lipinski definition) is 2. The maximum atomic E-state index is 8.78. The number of rotatable bonds is 1. The molecule has 2 unspecified atom stereocenters. The third-order valence-electron chi connectivity index (χ3n) is 2.77. The molecule has 1 saturated carbocycles. The average Bonchev–Trinajstić information content (AvgIpc) is 1.82. The summed E-state index contributed by atoms with van der Waals surface area (Å²) in [5, 5.41) is 8.78. The minimum Gasteiger partial charge on any atom is -0.396 e. The highest BCUT2D eigenvalue weighted by atomic mass is 16.3. The van der Waals surface area contributed by atoms with Gasteiger partial charge in [-0.3, -0.25) is 0 Å². The zero-order valence-corrected chi connectivity index (χ0v) is 6.09. The molecule has 9 heavy (non-hydrogen) atoms. The monoisotopic (exact) mass is 129 g/mol. The van der Waals surface area contributed by atoms with Crippen LogP contribution in [-0.2, 0) is 0 Å². The molecular formula is C7H15NO. The topological polar surface area (TPSA) is 46.2 Å². The fourth-order valence-corrected chi connectivity index (χ4v) is 1.37. The van der Waals surface area contributed by atoms with Crippen LogP contribution < -0.4 is 5.73 Å². The lowest BCUT2D eigenvalue weighted by Gasteiger charge is -2.49. The van der Waals surface area contributed by atoms with Gasteiger partial charge in [0.2, 0.25) is 0 Å². The van der Waals surface area contributed by atoms with Gasteiger partial charge in [-0.15, -0.1) is 0 Å². The first kappa shape index (κ1) is 7.03. The number of nitrogens with two attached hydrogens (primary N) is 1. The van der Waals surface area contributed by atoms with Crippen molar-refractivity contribution in [3.63, 3.8) is 0 Å². The Balaban J connectivity index is 2.48. The maximum absolute atomic E-state index is 8.78. The Hall–Kier alpha value is -0.0800. The van der Waals surface area contributed by atoms with Crippen molar-refractivity contribution >= 4 is 0 Å². The standard InChI is InChI=1S/C7H15NO/c1-7(2)5(4-9)3-6(7)8/h5-6,9H,3-4,8H2,1-2H3. The summed E-state index contributed by atoms with van der Waals surface area (Å²) in [5.41, 5.74) is 5.89. The van der Waals surface area contributed by atoms with Crippen molar-refractivity contribution in [2.45, 2.75) is 26.3 Å². The van der Waals surface area contributed by atoms with Crippen LogP contribution in [0.1, 0.15) is 20.3 Å². The molecule has 0 saturated heterocycles. The highest BCUT2D eigenvalue weighted by molar-refractivity contribution is 4.98. The lowest BCUT2D eigenvalue weighted by atomic mass is 9.59. The quantitative estimate of drug-likeness (QED) is 0.536. The predicted octanol–water partition coefficient (Wildman–Crippen LogP) is 0.352. The summed E-state index contributed by atoms with van der Waals surface area (Å²) in [4.78, 5) is 0. The van der Waals surface area contributed by atoms with E-state index in [4.69, 9.17) is 10.8 Å². The molecule has 3 N–H and O–H groups in total. The number of hydrogen-bond acceptors (Lipinski definition) is 2. The van der Waals surface area contributed by atoms with Crippen LogP contribution in [0.2, 0.25) is 0 Å². The van der Waals surface area contributed by atoms with Gasteiger partial charge in [-0.05, 0) is 17.8 Å². The summed E-state index contributed by atoms with van der Waals surface area (Å²) in [6.07, 6.45) is 0.990. The second-order valence-electron chi connectivity index (χ2n) is 3.54. The summed E-state index contributed by atoms with van der Waals surface area (Å²) in [6.45, 7) is 4.52. The first-order valence-electron chi connectivity index (χ1n) is 3.45. The van der Waals surface area contributed by atoms with E-state index >= 15 is 0 Å². The molecular weight excluding hydrogens is 114 g/mol. The van der Waals surface area contributed by atoms with Crippen molar-refractivity contribution in [1.29, 1.82) is 0 Å². The van der Waals surface area contributed by atoms with Crippen LogP contribution in [0.4, 0.5) is 0 Å². The van der Waals surface area contributed by atoms with E-state index in [2.05, 4.69) is 13.8 Å². The molecule has 0 radical (unpaired) electrons. The molecule has 1 aliphatic carbocycles. The lowest BCUT2D eigenvalue weighted by Crippen LogP contribution is -2.55. The van der Waals surface area contributed by atoms with Crippen LogP contribution in [0.15, 0.2) is 0 Å². The molecule has 1 rings (SSSR count). The Labute approximate surface area is 56.1 Å². The van der Waals surface area contributed by atoms with Crippen LogP contribution in [0, 0.1) is 11.3 Å². The molecule has 0 aromatic heterocycles. The van der Waals surface area contributed by atoms with E-state index in [1.165, 1.54) is 0 Å². The second-order valence-corrected chi connectivity index (χ2v) is 3.54. The highest BCUT2D eigenvalue weighted by Gasteiger charge is 2.45. The third-order valence-corrected chi connectivity index (χ3v) is 2.77. The van der Waals surface area contributed by atoms with Gasteiger partial charge in [0.25, 0.3) is 0 Å². The molecule has 2 heteroatoms. The molecule has 0 amide bonds. The predicted molar refractivity (Wildman–Crippen MR) is 36.9 cm³/mol. The van der Waals surface area contributed by atoms with Gasteiger partial charge in [-0.1, -0.05) is 13.8 Å². The van der Waals surface area contributed by atoms with Crippen molar-refractivity contribution in [2.24, 2.45) is 17.1 Å². The van der Waals surface area contributed by atoms with Gasteiger partial charge in [-0.25, -0.2) is 0 Å². The number of aliphatic hydroxyl groups excluding tert-OH is 1. The van der Waals surface area contributed by atoms with Gasteiger partial charge >= 0.3 is 0 Å². The third kappa shape index (κ3) is 0.864. The Morgan fingerprint density at radius 1 is 1.67 bits per heavy atom. The van der Waals surface area contributed by atoms with E-state index < -0.39 is 0 Å². The van der Waals surface area contributed by atoms with Crippen LogP contribution in [0.5, 0.6) is 0 Å². The Morgan fingerprint density at radius 3 is 2.33 bits per heavy atom. The molecule has 1 aliphatic rings. The van der Waals surface area contributed by atoms with Crippen molar-refractivity contribution in [2.75, 3.05) is 6.61 Å². The average molecular weight is 129 g/mol. The fraction of sp³-hybridized carbons (Fsp3) is 1.00. The van der Waals surface area contributed by atoms with E-state index in [-0.39, 0.29) is 5.41 Å². The van der Waals surface area contributed by atoms with E-state index in [1.54, 1.807) is 0 Å². The van der Waals surface area contributed by atoms with Crippen LogP contribution in [0.25, 0.3) is 0 Å². The first-order chi connectivity index (χ1) is 4.09. The summed E-state index contributed by atoms with van der Waals surface area (Å²) < 4.78 is 0. The minimum absolute atomic E-state index is 0.175. The normalized spacial score (nSPS) is 40.0. The summed E-state index contributed by atoms with van der Waals surface area (Å²) >= 11 is 0. The fourth-order valence-electron chi connectivity index (χ4n) is 1.37. The van der Waals surface area contributed by atoms with Crippen molar-refractivity contribution in [3.05, 3.63) is 0 Å². The smallest absolute Gasteiger partial charge is 0.0465 e. The van der Waals surface area contributed by atoms with Gasteiger partial charge in [0.15, 0.2) is 0 Å². The maximum Gasteiger partial charge on any atom is 0.0465 e. The van der Waals surface area contributed by atoms with Crippen molar-refractivity contribution < 1.29 is 5.11 Å². The summed E-state index contributed by atoms with van der Waals surface area (Å²) in [5.74, 6) is 0.437. The van der Waals surface area contributed by atoms with Crippen molar-refractivity contribution in [3.8, 4) is 0 Å². The molecule has 2 atom stereocenters. The van der Waals surface area contributed by atoms with Crippen molar-refractivity contribution in [1.82, 2.24) is 0 Å². The van der Waals surface area contributed by atoms with Crippen LogP contribution >= 0.6 is 0 Å². The Bertz CT molecular complexity index is 111. The molecule has 1 fully saturated rings. The molecule has 0 aliphatic heterocycles. The highest BCUT2D eigenvalue weighted by Crippen LogP contribution is 2.44. The first-order valence-corrected chi connectivity index (χ1v) is 3.45. The van der Waals surface area contributed by atoms with Gasteiger partial charge in [0, 0.05) is 12.6 Å². The molecule has 54 valence electrons. The summed E-state index contributed by atoms with van der Waals surface area (Å²) in [7, 11) is 0. The molecule has 0 aromatic rings. The number of aliphatic hydroxyl groups is 1. The SMILES string of the molecule is CC1(C)C(N)CC1CO. The second kappa shape index (κ2) is 1.96. The van der Waals surface area contributed by atoms with Crippen LogP contribution in [0.3, 0.4) is 0 Å². The van der Waals surface area contributed by atoms with Gasteiger partial charge in [-0.2, -0.15) is 0 Å². The van der Waals surface area contributed by atoms with E-state index in [0.29, 0.717) is 18.6 Å². The largest absolute Gasteiger partial charge is 0.396 e. The Morgan fingerprint density at radius 2 is 2.22 bits per heavy atom. The summed E-state index contributed by atoms with van der Waals surface area (Å²) in [6, 6.07) is 0.301. The molecule has 2 nitrogen and oxygen atoms in total. The molecule has 0 heterocycles. The minimum atomic E-state index is 0.175. The lowest BCUT2D eigenvalue weighted by molar-refractivity contribution is -0.00464. The molecule has 0 bridgehead atoms. The molecule has 0 aromatic carbocycles. The van der Waals surface area contributed by atoms with Crippen LogP contribution in [-0.4, -0.2) is 17.8 Å². The van der Waals surface area contributed by atoms with E-state index in [1.807, 2.05) is 0 Å². The van der Waals surface area contributed by atoms with Gasteiger partial charge < -0.3 is 10.8 Å². The van der Waals surface area contributed by atoms with Gasteiger partial charge in [0.1, 0.15) is 0 Å². The van der Waals surface area contributed by atoms with Gasteiger partial charge in [0.05, 0.1) is 0 Å². The molecule has 0 spiro atoms. The van der Waals surface area contributed by atoms with E-state index in [9.17, 15) is 0 Å². The Kier molecular flexibility index (Phi) is 1.53. The zero-order valence-electron chi connectivity index (χ0n) is 6.09. The zero-order chi connectivity index (χ0) is 7.07.